The maximum absolute atomic E-state index is 12.2. The first-order chi connectivity index (χ1) is 9.10. The van der Waals surface area contributed by atoms with E-state index in [0.717, 1.165) is 0 Å². The summed E-state index contributed by atoms with van der Waals surface area (Å²) in [5.41, 5.74) is 0. The summed E-state index contributed by atoms with van der Waals surface area (Å²) in [5.74, 6) is 2.54. The van der Waals surface area contributed by atoms with Gasteiger partial charge in [-0.05, 0) is 55.1 Å². The van der Waals surface area contributed by atoms with E-state index in [1.807, 2.05) is 0 Å². The standard InChI is InChI=1S/C13H15NO4S/c15-6-9-3-4-10(18-9)19(16,17)14-13-11-7-1-2-8(5-7)12(11)13/h3-4,6-8,11-14H,1-2,5H2. The van der Waals surface area contributed by atoms with Crippen LogP contribution in [0.4, 0.5) is 0 Å². The molecule has 3 saturated carbocycles. The third kappa shape index (κ3) is 1.63. The minimum absolute atomic E-state index is 0.0384. The molecule has 4 rings (SSSR count). The number of fused-ring (bicyclic) bond motifs is 5. The molecule has 4 unspecified atom stereocenters. The summed E-state index contributed by atoms with van der Waals surface area (Å²) < 4.78 is 32.1. The maximum atomic E-state index is 12.2. The molecule has 3 fully saturated rings. The zero-order chi connectivity index (χ0) is 13.2. The number of carbonyl (C=O) groups excluding carboxylic acids is 1. The molecule has 6 heteroatoms. The Balaban J connectivity index is 1.53. The number of nitrogens with one attached hydrogen (secondary N) is 1. The van der Waals surface area contributed by atoms with Crippen LogP contribution in [0.1, 0.15) is 29.8 Å². The Morgan fingerprint density at radius 1 is 1.21 bits per heavy atom. The Bertz CT molecular complexity index is 619. The molecule has 0 amide bonds. The van der Waals surface area contributed by atoms with E-state index in [9.17, 15) is 13.2 Å². The molecule has 0 saturated heterocycles. The van der Waals surface area contributed by atoms with E-state index < -0.39 is 10.0 Å². The minimum Gasteiger partial charge on any atom is -0.440 e. The molecule has 3 aliphatic carbocycles. The van der Waals surface area contributed by atoms with Crippen molar-refractivity contribution < 1.29 is 17.6 Å². The molecule has 0 spiro atoms. The average Bonchev–Trinajstić information content (AvgIpc) is 2.88. The van der Waals surface area contributed by atoms with Crippen molar-refractivity contribution in [1.29, 1.82) is 0 Å². The van der Waals surface area contributed by atoms with E-state index in [1.54, 1.807) is 0 Å². The third-order valence-corrected chi connectivity index (χ3v) is 6.34. The normalized spacial score (nSPS) is 39.3. The lowest BCUT2D eigenvalue weighted by atomic mass is 10.0. The van der Waals surface area contributed by atoms with Gasteiger partial charge in [0, 0.05) is 6.04 Å². The van der Waals surface area contributed by atoms with Crippen LogP contribution in [0.5, 0.6) is 0 Å². The van der Waals surface area contributed by atoms with Crippen LogP contribution < -0.4 is 4.72 Å². The van der Waals surface area contributed by atoms with Gasteiger partial charge in [0.2, 0.25) is 5.09 Å². The zero-order valence-corrected chi connectivity index (χ0v) is 11.1. The highest BCUT2D eigenvalue weighted by atomic mass is 32.2. The molecular formula is C13H15NO4S. The highest BCUT2D eigenvalue weighted by molar-refractivity contribution is 7.89. The zero-order valence-electron chi connectivity index (χ0n) is 10.3. The van der Waals surface area contributed by atoms with Crippen LogP contribution in [0.2, 0.25) is 0 Å². The van der Waals surface area contributed by atoms with Crippen LogP contribution in [-0.2, 0) is 10.0 Å². The topological polar surface area (TPSA) is 76.4 Å². The number of hydrogen-bond acceptors (Lipinski definition) is 4. The highest BCUT2D eigenvalue weighted by Crippen LogP contribution is 2.65. The van der Waals surface area contributed by atoms with E-state index in [2.05, 4.69) is 4.72 Å². The van der Waals surface area contributed by atoms with Gasteiger partial charge in [-0.2, -0.15) is 0 Å². The monoisotopic (exact) mass is 281 g/mol. The lowest BCUT2D eigenvalue weighted by molar-refractivity contribution is 0.109. The smallest absolute Gasteiger partial charge is 0.274 e. The molecule has 1 aromatic heterocycles. The fourth-order valence-electron chi connectivity index (χ4n) is 4.26. The Morgan fingerprint density at radius 2 is 1.89 bits per heavy atom. The van der Waals surface area contributed by atoms with Gasteiger partial charge in [-0.3, -0.25) is 4.79 Å². The Labute approximate surface area is 111 Å². The molecule has 1 aromatic rings. The lowest BCUT2D eigenvalue weighted by Crippen LogP contribution is -2.29. The second kappa shape index (κ2) is 3.70. The Hall–Kier alpha value is -1.14. The summed E-state index contributed by atoms with van der Waals surface area (Å²) in [6, 6.07) is 2.79. The number of sulfonamides is 1. The minimum atomic E-state index is -3.62. The number of hydrogen-bond donors (Lipinski definition) is 1. The second-order valence-electron chi connectivity index (χ2n) is 5.91. The number of carbonyl (C=O) groups is 1. The first-order valence-corrected chi connectivity index (χ1v) is 8.16. The van der Waals surface area contributed by atoms with Crippen LogP contribution in [0.3, 0.4) is 0 Å². The van der Waals surface area contributed by atoms with Gasteiger partial charge >= 0.3 is 0 Å². The Morgan fingerprint density at radius 3 is 2.47 bits per heavy atom. The predicted molar refractivity (Wildman–Crippen MR) is 66.0 cm³/mol. The van der Waals surface area contributed by atoms with Crippen molar-refractivity contribution >= 4 is 16.3 Å². The number of aldehydes is 1. The van der Waals surface area contributed by atoms with Gasteiger partial charge < -0.3 is 4.42 Å². The molecular weight excluding hydrogens is 266 g/mol. The summed E-state index contributed by atoms with van der Waals surface area (Å²) in [4.78, 5) is 10.5. The maximum Gasteiger partial charge on any atom is 0.274 e. The van der Waals surface area contributed by atoms with Gasteiger partial charge in [0.1, 0.15) is 0 Å². The van der Waals surface area contributed by atoms with Crippen molar-refractivity contribution in [3.05, 3.63) is 17.9 Å². The van der Waals surface area contributed by atoms with Crippen molar-refractivity contribution in [2.24, 2.45) is 23.7 Å². The predicted octanol–water partition coefficient (Wildman–Crippen LogP) is 1.41. The van der Waals surface area contributed by atoms with Gasteiger partial charge in [-0.1, -0.05) is 0 Å². The SMILES string of the molecule is O=Cc1ccc(S(=O)(=O)NC2C3C4CCC(C4)C23)o1. The van der Waals surface area contributed by atoms with Gasteiger partial charge in [0.15, 0.2) is 12.0 Å². The summed E-state index contributed by atoms with van der Waals surface area (Å²) in [6.07, 6.45) is 4.29. The lowest BCUT2D eigenvalue weighted by Gasteiger charge is -2.09. The largest absolute Gasteiger partial charge is 0.440 e. The highest BCUT2D eigenvalue weighted by Gasteiger charge is 2.65. The summed E-state index contributed by atoms with van der Waals surface area (Å²) >= 11 is 0. The Kier molecular flexibility index (Phi) is 2.27. The summed E-state index contributed by atoms with van der Waals surface area (Å²) in [7, 11) is -3.62. The molecule has 0 aromatic carbocycles. The summed E-state index contributed by atoms with van der Waals surface area (Å²) in [5, 5.41) is -0.160. The van der Waals surface area contributed by atoms with Crippen molar-refractivity contribution in [2.45, 2.75) is 30.4 Å². The first-order valence-electron chi connectivity index (χ1n) is 6.67. The third-order valence-electron chi connectivity index (χ3n) is 5.01. The van der Waals surface area contributed by atoms with E-state index in [0.29, 0.717) is 30.0 Å². The molecule has 0 aliphatic heterocycles. The second-order valence-corrected chi connectivity index (χ2v) is 7.55. The van der Waals surface area contributed by atoms with E-state index in [1.165, 1.54) is 31.4 Å². The number of furan rings is 1. The molecule has 0 radical (unpaired) electrons. The molecule has 1 N–H and O–H groups in total. The van der Waals surface area contributed by atoms with Gasteiger partial charge in [0.25, 0.3) is 10.0 Å². The van der Waals surface area contributed by atoms with Gasteiger partial charge in [0.05, 0.1) is 0 Å². The molecule has 2 bridgehead atoms. The van der Waals surface area contributed by atoms with E-state index in [-0.39, 0.29) is 16.9 Å². The van der Waals surface area contributed by atoms with Gasteiger partial charge in [-0.15, -0.1) is 0 Å². The van der Waals surface area contributed by atoms with Crippen molar-refractivity contribution in [1.82, 2.24) is 4.72 Å². The molecule has 102 valence electrons. The van der Waals surface area contributed by atoms with Crippen LogP contribution in [0.15, 0.2) is 21.6 Å². The van der Waals surface area contributed by atoms with Crippen molar-refractivity contribution in [2.75, 3.05) is 0 Å². The first kappa shape index (κ1) is 11.7. The summed E-state index contributed by atoms with van der Waals surface area (Å²) in [6.45, 7) is 0. The number of rotatable bonds is 4. The molecule has 19 heavy (non-hydrogen) atoms. The van der Waals surface area contributed by atoms with Gasteiger partial charge in [-0.25, -0.2) is 13.1 Å². The molecule has 4 atom stereocenters. The molecule has 3 aliphatic rings. The molecule has 5 nitrogen and oxygen atoms in total. The van der Waals surface area contributed by atoms with Crippen LogP contribution in [0.25, 0.3) is 0 Å². The fourth-order valence-corrected chi connectivity index (χ4v) is 5.50. The molecule has 1 heterocycles. The van der Waals surface area contributed by atoms with Crippen molar-refractivity contribution in [3.63, 3.8) is 0 Å². The van der Waals surface area contributed by atoms with Crippen LogP contribution >= 0.6 is 0 Å². The average molecular weight is 281 g/mol. The van der Waals surface area contributed by atoms with Crippen LogP contribution in [0, 0.1) is 23.7 Å². The quantitative estimate of drug-likeness (QED) is 0.847. The van der Waals surface area contributed by atoms with E-state index in [4.69, 9.17) is 4.42 Å². The van der Waals surface area contributed by atoms with E-state index >= 15 is 0 Å². The van der Waals surface area contributed by atoms with Crippen LogP contribution in [-0.4, -0.2) is 20.7 Å². The fraction of sp³-hybridized carbons (Fsp3) is 0.615. The van der Waals surface area contributed by atoms with Crippen molar-refractivity contribution in [3.8, 4) is 0 Å².